The lowest BCUT2D eigenvalue weighted by molar-refractivity contribution is 0.580. The summed E-state index contributed by atoms with van der Waals surface area (Å²) in [5, 5.41) is 10.9. The van der Waals surface area contributed by atoms with Gasteiger partial charge in [-0.25, -0.2) is 13.4 Å². The molecule has 9 heteroatoms. The molecule has 0 saturated carbocycles. The van der Waals surface area contributed by atoms with E-state index in [-0.39, 0.29) is 5.89 Å². The van der Waals surface area contributed by atoms with Gasteiger partial charge in [-0.2, -0.15) is 0 Å². The van der Waals surface area contributed by atoms with Crippen molar-refractivity contribution in [2.45, 2.75) is 37.0 Å². The maximum absolute atomic E-state index is 12.6. The Bertz CT molecular complexity index is 1330. The SMILES string of the molecule is CCC(C)S(=O)(=O)c1ccc(-c2cncc(-c3nnc(-c4ccc(CNC)cc4)o3)n2)cc1. The topological polar surface area (TPSA) is 111 Å². The van der Waals surface area contributed by atoms with E-state index in [1.807, 2.05) is 38.2 Å². The van der Waals surface area contributed by atoms with Crippen LogP contribution in [0.25, 0.3) is 34.3 Å². The number of benzene rings is 2. The Kier molecular flexibility index (Phi) is 6.62. The zero-order valence-corrected chi connectivity index (χ0v) is 19.5. The molecular formula is C24H25N5O3S. The Morgan fingerprint density at radius 3 is 2.21 bits per heavy atom. The van der Waals surface area contributed by atoms with Gasteiger partial charge in [0, 0.05) is 17.7 Å². The Morgan fingerprint density at radius 1 is 0.909 bits per heavy atom. The van der Waals surface area contributed by atoms with Gasteiger partial charge in [0.2, 0.25) is 5.89 Å². The zero-order chi connectivity index (χ0) is 23.4. The second-order valence-corrected chi connectivity index (χ2v) is 10.1. The molecule has 0 radical (unpaired) electrons. The van der Waals surface area contributed by atoms with Crippen LogP contribution in [0.3, 0.4) is 0 Å². The van der Waals surface area contributed by atoms with E-state index in [1.165, 1.54) is 0 Å². The van der Waals surface area contributed by atoms with Crippen molar-refractivity contribution in [2.24, 2.45) is 0 Å². The molecule has 2 aromatic heterocycles. The van der Waals surface area contributed by atoms with Crippen molar-refractivity contribution < 1.29 is 12.8 Å². The van der Waals surface area contributed by atoms with Gasteiger partial charge in [0.1, 0.15) is 5.69 Å². The van der Waals surface area contributed by atoms with Gasteiger partial charge in [-0.05, 0) is 50.2 Å². The third-order valence-corrected chi connectivity index (χ3v) is 7.77. The van der Waals surface area contributed by atoms with Gasteiger partial charge in [0.05, 0.1) is 28.2 Å². The molecule has 2 heterocycles. The Hall–Kier alpha value is -3.43. The van der Waals surface area contributed by atoms with E-state index in [0.29, 0.717) is 28.6 Å². The summed E-state index contributed by atoms with van der Waals surface area (Å²) in [6.45, 7) is 4.36. The lowest BCUT2D eigenvalue weighted by Gasteiger charge is -2.11. The summed E-state index contributed by atoms with van der Waals surface area (Å²) in [5.41, 5.74) is 3.73. The van der Waals surface area contributed by atoms with E-state index in [9.17, 15) is 8.42 Å². The Labute approximate surface area is 193 Å². The van der Waals surface area contributed by atoms with Crippen molar-refractivity contribution in [3.8, 4) is 34.3 Å². The fourth-order valence-electron chi connectivity index (χ4n) is 3.29. The summed E-state index contributed by atoms with van der Waals surface area (Å²) >= 11 is 0. The molecule has 1 N–H and O–H groups in total. The van der Waals surface area contributed by atoms with Crippen molar-refractivity contribution in [1.29, 1.82) is 0 Å². The van der Waals surface area contributed by atoms with Gasteiger partial charge in [0.25, 0.3) is 5.89 Å². The van der Waals surface area contributed by atoms with Crippen LogP contribution in [0.5, 0.6) is 0 Å². The molecule has 8 nitrogen and oxygen atoms in total. The van der Waals surface area contributed by atoms with Crippen LogP contribution in [-0.4, -0.2) is 40.9 Å². The van der Waals surface area contributed by atoms with Crippen LogP contribution >= 0.6 is 0 Å². The molecule has 0 amide bonds. The molecule has 0 aliphatic heterocycles. The number of nitrogens with zero attached hydrogens (tertiary/aromatic N) is 4. The van der Waals surface area contributed by atoms with Crippen molar-refractivity contribution in [3.63, 3.8) is 0 Å². The predicted molar refractivity (Wildman–Crippen MR) is 126 cm³/mol. The van der Waals surface area contributed by atoms with Crippen molar-refractivity contribution in [1.82, 2.24) is 25.5 Å². The molecule has 1 atom stereocenters. The minimum absolute atomic E-state index is 0.259. The van der Waals surface area contributed by atoms with Gasteiger partial charge in [-0.15, -0.1) is 10.2 Å². The number of aromatic nitrogens is 4. The van der Waals surface area contributed by atoms with Crippen molar-refractivity contribution in [3.05, 3.63) is 66.5 Å². The van der Waals surface area contributed by atoms with Crippen LogP contribution in [0.2, 0.25) is 0 Å². The minimum atomic E-state index is -3.34. The quantitative estimate of drug-likeness (QED) is 0.415. The van der Waals surface area contributed by atoms with E-state index in [1.54, 1.807) is 43.6 Å². The average Bonchev–Trinajstić information content (AvgIpc) is 3.35. The molecule has 0 saturated heterocycles. The largest absolute Gasteiger partial charge is 0.415 e. The normalized spacial score (nSPS) is 12.6. The fourth-order valence-corrected chi connectivity index (χ4v) is 4.71. The molecule has 1 unspecified atom stereocenters. The molecule has 0 aliphatic carbocycles. The smallest absolute Gasteiger partial charge is 0.268 e. The van der Waals surface area contributed by atoms with E-state index in [2.05, 4.69) is 25.5 Å². The highest BCUT2D eigenvalue weighted by Crippen LogP contribution is 2.26. The maximum atomic E-state index is 12.6. The Morgan fingerprint density at radius 2 is 1.55 bits per heavy atom. The van der Waals surface area contributed by atoms with Crippen LogP contribution in [0, 0.1) is 0 Å². The van der Waals surface area contributed by atoms with Crippen molar-refractivity contribution >= 4 is 9.84 Å². The third-order valence-electron chi connectivity index (χ3n) is 5.44. The molecule has 4 rings (SSSR count). The Balaban J connectivity index is 1.58. The second kappa shape index (κ2) is 9.60. The summed E-state index contributed by atoms with van der Waals surface area (Å²) in [6.07, 6.45) is 3.72. The highest BCUT2D eigenvalue weighted by molar-refractivity contribution is 7.92. The standard InChI is InChI=1S/C24H25N5O3S/c1-4-16(2)33(30,31)20-11-9-18(10-12-20)21-14-26-15-22(27-21)24-29-28-23(32-24)19-7-5-17(6-8-19)13-25-3/h5-12,14-16,25H,4,13H2,1-3H3. The summed E-state index contributed by atoms with van der Waals surface area (Å²) in [5.74, 6) is 0.655. The first-order valence-corrected chi connectivity index (χ1v) is 12.2. The highest BCUT2D eigenvalue weighted by atomic mass is 32.2. The van der Waals surface area contributed by atoms with Crippen LogP contribution in [0.15, 0.2) is 70.2 Å². The molecule has 0 spiro atoms. The van der Waals surface area contributed by atoms with Gasteiger partial charge in [-0.3, -0.25) is 4.98 Å². The summed E-state index contributed by atoms with van der Waals surface area (Å²) in [4.78, 5) is 9.13. The van der Waals surface area contributed by atoms with Gasteiger partial charge in [0.15, 0.2) is 9.84 Å². The molecule has 0 aliphatic rings. The first-order chi connectivity index (χ1) is 15.9. The van der Waals surface area contributed by atoms with Crippen LogP contribution < -0.4 is 5.32 Å². The summed E-state index contributed by atoms with van der Waals surface area (Å²) in [7, 11) is -1.44. The lowest BCUT2D eigenvalue weighted by Crippen LogP contribution is -2.16. The van der Waals surface area contributed by atoms with E-state index in [4.69, 9.17) is 4.42 Å². The number of hydrogen-bond acceptors (Lipinski definition) is 8. The predicted octanol–water partition coefficient (Wildman–Crippen LogP) is 4.15. The molecule has 4 aromatic rings. The van der Waals surface area contributed by atoms with Crippen LogP contribution in [-0.2, 0) is 16.4 Å². The molecule has 170 valence electrons. The second-order valence-electron chi connectivity index (χ2n) is 7.72. The van der Waals surface area contributed by atoms with Gasteiger partial charge in [-0.1, -0.05) is 31.2 Å². The number of nitrogens with one attached hydrogen (secondary N) is 1. The molecule has 2 aromatic carbocycles. The van der Waals surface area contributed by atoms with E-state index < -0.39 is 15.1 Å². The first-order valence-electron chi connectivity index (χ1n) is 10.7. The van der Waals surface area contributed by atoms with Crippen LogP contribution in [0.4, 0.5) is 0 Å². The summed E-state index contributed by atoms with van der Waals surface area (Å²) < 4.78 is 31.0. The number of hydrogen-bond donors (Lipinski definition) is 1. The molecule has 0 fully saturated rings. The maximum Gasteiger partial charge on any atom is 0.268 e. The van der Waals surface area contributed by atoms with Crippen molar-refractivity contribution in [2.75, 3.05) is 7.05 Å². The fraction of sp³-hybridized carbons (Fsp3) is 0.250. The first kappa shape index (κ1) is 22.8. The minimum Gasteiger partial charge on any atom is -0.415 e. The monoisotopic (exact) mass is 463 g/mol. The zero-order valence-electron chi connectivity index (χ0n) is 18.7. The number of sulfone groups is 1. The summed E-state index contributed by atoms with van der Waals surface area (Å²) in [6, 6.07) is 14.5. The van der Waals surface area contributed by atoms with E-state index >= 15 is 0 Å². The number of rotatable bonds is 8. The van der Waals surface area contributed by atoms with Crippen LogP contribution in [0.1, 0.15) is 25.8 Å². The van der Waals surface area contributed by atoms with E-state index in [0.717, 1.165) is 23.2 Å². The average molecular weight is 464 g/mol. The highest BCUT2D eigenvalue weighted by Gasteiger charge is 2.21. The molecule has 33 heavy (non-hydrogen) atoms. The third kappa shape index (κ3) is 4.84. The van der Waals surface area contributed by atoms with Gasteiger partial charge < -0.3 is 9.73 Å². The van der Waals surface area contributed by atoms with Gasteiger partial charge >= 0.3 is 0 Å². The molecule has 0 bridgehead atoms. The lowest BCUT2D eigenvalue weighted by atomic mass is 10.1. The molecular weight excluding hydrogens is 438 g/mol.